The normalized spacial score (nSPS) is 17.7. The maximum Gasteiger partial charge on any atom is 0.253 e. The molecule has 4 rings (SSSR count). The van der Waals surface area contributed by atoms with E-state index in [2.05, 4.69) is 26.7 Å². The molecule has 1 aromatic carbocycles. The standard InChI is InChI=1S/C21H27N5O2/c1-2-17-3-5-18(6-4-17)21(27)26-9-7-24(8-10-26)19-15-20(23-16-22-19)25-11-13-28-14-12-25/h3-6,15-16H,2,7-14H2,1H3. The average Bonchev–Trinajstić information content (AvgIpc) is 2.79. The number of aromatic nitrogens is 2. The van der Waals surface area contributed by atoms with Crippen molar-refractivity contribution in [3.8, 4) is 0 Å². The van der Waals surface area contributed by atoms with E-state index >= 15 is 0 Å². The van der Waals surface area contributed by atoms with Crippen LogP contribution in [0, 0.1) is 0 Å². The summed E-state index contributed by atoms with van der Waals surface area (Å²) in [7, 11) is 0. The number of anilines is 2. The molecule has 7 nitrogen and oxygen atoms in total. The van der Waals surface area contributed by atoms with Gasteiger partial charge in [-0.05, 0) is 24.1 Å². The van der Waals surface area contributed by atoms with Crippen molar-refractivity contribution in [2.75, 3.05) is 62.3 Å². The van der Waals surface area contributed by atoms with Gasteiger partial charge in [-0.1, -0.05) is 19.1 Å². The van der Waals surface area contributed by atoms with E-state index in [1.807, 2.05) is 35.2 Å². The van der Waals surface area contributed by atoms with E-state index < -0.39 is 0 Å². The summed E-state index contributed by atoms with van der Waals surface area (Å²) in [6.07, 6.45) is 2.62. The summed E-state index contributed by atoms with van der Waals surface area (Å²) < 4.78 is 5.42. The molecule has 0 N–H and O–H groups in total. The zero-order valence-corrected chi connectivity index (χ0v) is 16.4. The lowest BCUT2D eigenvalue weighted by Crippen LogP contribution is -2.49. The molecule has 2 fully saturated rings. The lowest BCUT2D eigenvalue weighted by atomic mass is 10.1. The lowest BCUT2D eigenvalue weighted by Gasteiger charge is -2.36. The van der Waals surface area contributed by atoms with Crippen molar-refractivity contribution in [2.24, 2.45) is 0 Å². The second kappa shape index (κ2) is 8.56. The van der Waals surface area contributed by atoms with E-state index in [-0.39, 0.29) is 5.91 Å². The fraction of sp³-hybridized carbons (Fsp3) is 0.476. The lowest BCUT2D eigenvalue weighted by molar-refractivity contribution is 0.0746. The Morgan fingerprint density at radius 1 is 0.929 bits per heavy atom. The summed E-state index contributed by atoms with van der Waals surface area (Å²) in [5.41, 5.74) is 2.02. The van der Waals surface area contributed by atoms with Gasteiger partial charge in [0.15, 0.2) is 0 Å². The van der Waals surface area contributed by atoms with Gasteiger partial charge >= 0.3 is 0 Å². The van der Waals surface area contributed by atoms with Crippen LogP contribution in [-0.4, -0.2) is 73.3 Å². The smallest absolute Gasteiger partial charge is 0.253 e. The van der Waals surface area contributed by atoms with Gasteiger partial charge in [-0.3, -0.25) is 4.79 Å². The van der Waals surface area contributed by atoms with Gasteiger partial charge < -0.3 is 19.4 Å². The largest absolute Gasteiger partial charge is 0.378 e. The van der Waals surface area contributed by atoms with Crippen LogP contribution in [0.15, 0.2) is 36.7 Å². The van der Waals surface area contributed by atoms with Crippen molar-refractivity contribution in [2.45, 2.75) is 13.3 Å². The van der Waals surface area contributed by atoms with E-state index in [4.69, 9.17) is 4.74 Å². The molecule has 2 aromatic rings. The molecule has 0 bridgehead atoms. The summed E-state index contributed by atoms with van der Waals surface area (Å²) in [6, 6.07) is 10.0. The third kappa shape index (κ3) is 4.09. The summed E-state index contributed by atoms with van der Waals surface area (Å²) >= 11 is 0. The van der Waals surface area contributed by atoms with Gasteiger partial charge in [0.2, 0.25) is 0 Å². The first kappa shape index (κ1) is 18.7. The van der Waals surface area contributed by atoms with Gasteiger partial charge in [0, 0.05) is 50.9 Å². The number of rotatable bonds is 4. The molecule has 0 atom stereocenters. The Morgan fingerprint density at radius 2 is 1.54 bits per heavy atom. The van der Waals surface area contributed by atoms with Gasteiger partial charge in [-0.15, -0.1) is 0 Å². The summed E-state index contributed by atoms with van der Waals surface area (Å²) in [5, 5.41) is 0. The quantitative estimate of drug-likeness (QED) is 0.805. The summed E-state index contributed by atoms with van der Waals surface area (Å²) in [6.45, 7) is 8.25. The number of benzene rings is 1. The van der Waals surface area contributed by atoms with Crippen LogP contribution in [0.2, 0.25) is 0 Å². The van der Waals surface area contributed by atoms with Crippen molar-refractivity contribution in [1.29, 1.82) is 0 Å². The minimum absolute atomic E-state index is 0.110. The van der Waals surface area contributed by atoms with Crippen LogP contribution >= 0.6 is 0 Å². The zero-order chi connectivity index (χ0) is 19.3. The molecule has 0 saturated carbocycles. The SMILES string of the molecule is CCc1ccc(C(=O)N2CCN(c3cc(N4CCOCC4)ncn3)CC2)cc1. The highest BCUT2D eigenvalue weighted by Gasteiger charge is 2.23. The molecule has 1 amide bonds. The molecule has 2 aliphatic rings. The van der Waals surface area contributed by atoms with Crippen LogP contribution in [0.4, 0.5) is 11.6 Å². The highest BCUT2D eigenvalue weighted by atomic mass is 16.5. The number of carbonyl (C=O) groups is 1. The maximum absolute atomic E-state index is 12.8. The molecule has 1 aromatic heterocycles. The summed E-state index contributed by atoms with van der Waals surface area (Å²) in [5.74, 6) is 1.98. The van der Waals surface area contributed by atoms with Gasteiger partial charge in [0.1, 0.15) is 18.0 Å². The van der Waals surface area contributed by atoms with Gasteiger partial charge in [-0.25, -0.2) is 9.97 Å². The molecule has 28 heavy (non-hydrogen) atoms. The minimum Gasteiger partial charge on any atom is -0.378 e. The van der Waals surface area contributed by atoms with Crippen LogP contribution in [0.25, 0.3) is 0 Å². The zero-order valence-electron chi connectivity index (χ0n) is 16.4. The number of carbonyl (C=O) groups excluding carboxylic acids is 1. The number of aryl methyl sites for hydroxylation is 1. The third-order valence-corrected chi connectivity index (χ3v) is 5.47. The molecule has 148 valence electrons. The third-order valence-electron chi connectivity index (χ3n) is 5.47. The molecule has 0 aliphatic carbocycles. The molecule has 0 radical (unpaired) electrons. The number of nitrogens with zero attached hydrogens (tertiary/aromatic N) is 5. The number of piperazine rings is 1. The second-order valence-corrected chi connectivity index (χ2v) is 7.16. The van der Waals surface area contributed by atoms with Crippen LogP contribution in [0.3, 0.4) is 0 Å². The van der Waals surface area contributed by atoms with Gasteiger partial charge in [0.25, 0.3) is 5.91 Å². The fourth-order valence-electron chi connectivity index (χ4n) is 3.68. The number of morpholine rings is 1. The van der Waals surface area contributed by atoms with Crippen LogP contribution < -0.4 is 9.80 Å². The van der Waals surface area contributed by atoms with Crippen molar-refractivity contribution in [1.82, 2.24) is 14.9 Å². The van der Waals surface area contributed by atoms with Crippen LogP contribution in [0.1, 0.15) is 22.8 Å². The summed E-state index contributed by atoms with van der Waals surface area (Å²) in [4.78, 5) is 28.0. The molecule has 7 heteroatoms. The van der Waals surface area contributed by atoms with E-state index in [9.17, 15) is 4.79 Å². The Labute approximate surface area is 165 Å². The molecule has 0 spiro atoms. The number of ether oxygens (including phenoxy) is 1. The van der Waals surface area contributed by atoms with Gasteiger partial charge in [-0.2, -0.15) is 0 Å². The number of hydrogen-bond donors (Lipinski definition) is 0. The first-order valence-electron chi connectivity index (χ1n) is 10.0. The minimum atomic E-state index is 0.110. The monoisotopic (exact) mass is 381 g/mol. The van der Waals surface area contributed by atoms with Crippen molar-refractivity contribution in [3.05, 3.63) is 47.8 Å². The predicted molar refractivity (Wildman–Crippen MR) is 109 cm³/mol. The molecule has 3 heterocycles. The Hall–Kier alpha value is -2.67. The first-order valence-corrected chi connectivity index (χ1v) is 10.0. The fourth-order valence-corrected chi connectivity index (χ4v) is 3.68. The Balaban J connectivity index is 1.37. The molecular formula is C21H27N5O2. The maximum atomic E-state index is 12.8. The van der Waals surface area contributed by atoms with E-state index in [0.29, 0.717) is 13.1 Å². The number of amides is 1. The van der Waals surface area contributed by atoms with Crippen molar-refractivity contribution in [3.63, 3.8) is 0 Å². The Kier molecular flexibility index (Phi) is 5.71. The predicted octanol–water partition coefficient (Wildman–Crippen LogP) is 1.84. The molecule has 2 aliphatic heterocycles. The van der Waals surface area contributed by atoms with Crippen molar-refractivity contribution >= 4 is 17.5 Å². The average molecular weight is 381 g/mol. The highest BCUT2D eigenvalue weighted by molar-refractivity contribution is 5.94. The van der Waals surface area contributed by atoms with Crippen LogP contribution in [0.5, 0.6) is 0 Å². The first-order chi connectivity index (χ1) is 13.7. The molecule has 2 saturated heterocycles. The van der Waals surface area contributed by atoms with E-state index in [0.717, 1.165) is 63.0 Å². The molecule has 0 unspecified atom stereocenters. The van der Waals surface area contributed by atoms with Crippen LogP contribution in [-0.2, 0) is 11.2 Å². The Bertz CT molecular complexity index is 797. The van der Waals surface area contributed by atoms with E-state index in [1.165, 1.54) is 5.56 Å². The highest BCUT2D eigenvalue weighted by Crippen LogP contribution is 2.20. The van der Waals surface area contributed by atoms with Crippen molar-refractivity contribution < 1.29 is 9.53 Å². The van der Waals surface area contributed by atoms with E-state index in [1.54, 1.807) is 6.33 Å². The number of hydrogen-bond acceptors (Lipinski definition) is 6. The second-order valence-electron chi connectivity index (χ2n) is 7.16. The Morgan fingerprint density at radius 3 is 2.14 bits per heavy atom. The van der Waals surface area contributed by atoms with Gasteiger partial charge in [0.05, 0.1) is 13.2 Å². The molecular weight excluding hydrogens is 354 g/mol. The topological polar surface area (TPSA) is 61.8 Å².